The van der Waals surface area contributed by atoms with E-state index in [2.05, 4.69) is 26.5 Å². The van der Waals surface area contributed by atoms with Crippen LogP contribution in [0.4, 0.5) is 0 Å². The van der Waals surface area contributed by atoms with E-state index in [9.17, 15) is 9.90 Å². The predicted molar refractivity (Wildman–Crippen MR) is 104 cm³/mol. The number of rotatable bonds is 8. The quantitative estimate of drug-likeness (QED) is 0.501. The number of nitrogens with one attached hydrogen (secondary N) is 1. The fourth-order valence-corrected chi connectivity index (χ4v) is 2.57. The average Bonchev–Trinajstić information content (AvgIpc) is 2.64. The summed E-state index contributed by atoms with van der Waals surface area (Å²) in [5.74, 6) is 1.01. The highest BCUT2D eigenvalue weighted by atomic mass is 79.9. The van der Waals surface area contributed by atoms with Gasteiger partial charge in [0.2, 0.25) is 0 Å². The van der Waals surface area contributed by atoms with E-state index in [-0.39, 0.29) is 11.7 Å². The lowest BCUT2D eigenvalue weighted by molar-refractivity contribution is -0.128. The normalized spacial score (nSPS) is 12.0. The Morgan fingerprint density at radius 3 is 2.62 bits per heavy atom. The van der Waals surface area contributed by atoms with Crippen molar-refractivity contribution in [1.82, 2.24) is 5.43 Å². The number of halogens is 1. The molecule has 0 radical (unpaired) electrons. The summed E-state index contributed by atoms with van der Waals surface area (Å²) < 4.78 is 11.7. The van der Waals surface area contributed by atoms with Crippen molar-refractivity contribution in [2.45, 2.75) is 25.9 Å². The lowest BCUT2D eigenvalue weighted by atomic mass is 10.2. The van der Waals surface area contributed by atoms with E-state index in [4.69, 9.17) is 9.47 Å². The van der Waals surface area contributed by atoms with Gasteiger partial charge >= 0.3 is 0 Å². The van der Waals surface area contributed by atoms with Crippen LogP contribution in [0.1, 0.15) is 25.3 Å². The molecule has 2 N–H and O–H groups in total. The number of amides is 1. The van der Waals surface area contributed by atoms with Crippen LogP contribution in [-0.2, 0) is 4.79 Å². The van der Waals surface area contributed by atoms with Gasteiger partial charge in [-0.25, -0.2) is 5.43 Å². The molecule has 0 aliphatic heterocycles. The number of hydrogen-bond acceptors (Lipinski definition) is 5. The Balaban J connectivity index is 2.00. The number of methoxy groups -OCH3 is 1. The van der Waals surface area contributed by atoms with E-state index in [1.807, 2.05) is 6.92 Å². The van der Waals surface area contributed by atoms with Gasteiger partial charge in [-0.05, 0) is 48.9 Å². The molecule has 7 heteroatoms. The molecule has 0 saturated carbocycles. The minimum absolute atomic E-state index is 0.0748. The second-order valence-electron chi connectivity index (χ2n) is 5.51. The van der Waals surface area contributed by atoms with Gasteiger partial charge in [-0.2, -0.15) is 5.10 Å². The summed E-state index contributed by atoms with van der Waals surface area (Å²) in [5, 5.41) is 13.7. The van der Waals surface area contributed by atoms with Crippen LogP contribution in [0.3, 0.4) is 0 Å². The molecule has 2 aromatic rings. The molecule has 0 aromatic heterocycles. The number of aromatic hydroxyl groups is 1. The summed E-state index contributed by atoms with van der Waals surface area (Å²) in [6.45, 7) is 1.97. The van der Waals surface area contributed by atoms with E-state index < -0.39 is 6.10 Å². The van der Waals surface area contributed by atoms with Crippen LogP contribution in [0.5, 0.6) is 17.2 Å². The molecule has 1 amide bonds. The third kappa shape index (κ3) is 5.77. The van der Waals surface area contributed by atoms with Gasteiger partial charge in [-0.15, -0.1) is 0 Å². The van der Waals surface area contributed by atoms with Crippen molar-refractivity contribution in [3.8, 4) is 17.2 Å². The molecule has 1 unspecified atom stereocenters. The Kier molecular flexibility index (Phi) is 7.47. The fraction of sp³-hybridized carbons (Fsp3) is 0.263. The maximum Gasteiger partial charge on any atom is 0.281 e. The Hall–Kier alpha value is -2.54. The van der Waals surface area contributed by atoms with Crippen molar-refractivity contribution in [1.29, 1.82) is 0 Å². The van der Waals surface area contributed by atoms with Crippen LogP contribution < -0.4 is 14.9 Å². The maximum absolute atomic E-state index is 12.4. The third-order valence-corrected chi connectivity index (χ3v) is 4.04. The van der Waals surface area contributed by atoms with E-state index in [0.717, 1.165) is 10.9 Å². The lowest BCUT2D eigenvalue weighted by Crippen LogP contribution is -2.35. The number of nitrogens with zero attached hydrogens (tertiary/aromatic N) is 1. The first-order valence-corrected chi connectivity index (χ1v) is 8.95. The maximum atomic E-state index is 12.4. The van der Waals surface area contributed by atoms with Crippen LogP contribution in [0, 0.1) is 0 Å². The summed E-state index contributed by atoms with van der Waals surface area (Å²) in [5.41, 5.74) is 2.95. The first-order chi connectivity index (χ1) is 12.5. The number of hydrazone groups is 1. The molecule has 138 valence electrons. The van der Waals surface area contributed by atoms with Crippen LogP contribution in [0.2, 0.25) is 0 Å². The van der Waals surface area contributed by atoms with Crippen LogP contribution in [0.25, 0.3) is 0 Å². The van der Waals surface area contributed by atoms with Crippen LogP contribution in [0.15, 0.2) is 52.0 Å². The first kappa shape index (κ1) is 19.8. The zero-order valence-electron chi connectivity index (χ0n) is 14.6. The molecule has 6 nitrogen and oxygen atoms in total. The van der Waals surface area contributed by atoms with Gasteiger partial charge in [0, 0.05) is 10.0 Å². The molecule has 2 aromatic carbocycles. The SMILES string of the molecule is CCCC(Oc1ccc(OC)cc1)C(=O)NN=Cc1cc(Br)ccc1O. The van der Waals surface area contributed by atoms with Gasteiger partial charge in [0.05, 0.1) is 13.3 Å². The summed E-state index contributed by atoms with van der Waals surface area (Å²) in [6, 6.07) is 12.0. The van der Waals surface area contributed by atoms with Crippen molar-refractivity contribution in [2.24, 2.45) is 5.10 Å². The number of ether oxygens (including phenoxy) is 2. The number of hydrogen-bond donors (Lipinski definition) is 2. The van der Waals surface area contributed by atoms with Gasteiger partial charge in [0.25, 0.3) is 5.91 Å². The van der Waals surface area contributed by atoms with Gasteiger partial charge in [-0.3, -0.25) is 4.79 Å². The second-order valence-corrected chi connectivity index (χ2v) is 6.42. The minimum Gasteiger partial charge on any atom is -0.507 e. The number of phenolic OH excluding ortho intramolecular Hbond substituents is 1. The van der Waals surface area contributed by atoms with Crippen molar-refractivity contribution in [3.05, 3.63) is 52.5 Å². The molecular formula is C19H21BrN2O4. The third-order valence-electron chi connectivity index (χ3n) is 3.55. The highest BCUT2D eigenvalue weighted by molar-refractivity contribution is 9.10. The molecule has 0 heterocycles. The molecule has 0 aliphatic rings. The van der Waals surface area contributed by atoms with Gasteiger partial charge < -0.3 is 14.6 Å². The zero-order valence-corrected chi connectivity index (χ0v) is 16.2. The van der Waals surface area contributed by atoms with E-state index in [0.29, 0.717) is 23.5 Å². The Labute approximate surface area is 161 Å². The van der Waals surface area contributed by atoms with Crippen LogP contribution >= 0.6 is 15.9 Å². The molecule has 1 atom stereocenters. The van der Waals surface area contributed by atoms with Crippen molar-refractivity contribution >= 4 is 28.1 Å². The topological polar surface area (TPSA) is 80.2 Å². The zero-order chi connectivity index (χ0) is 18.9. The fourth-order valence-electron chi connectivity index (χ4n) is 2.19. The standard InChI is InChI=1S/C19H21BrN2O4/c1-3-4-18(26-16-8-6-15(25-2)7-9-16)19(24)22-21-12-13-11-14(20)5-10-17(13)23/h5-12,18,23H,3-4H2,1-2H3,(H,22,24). The second kappa shape index (κ2) is 9.82. The van der Waals surface area contributed by atoms with E-state index in [1.54, 1.807) is 49.6 Å². The van der Waals surface area contributed by atoms with Gasteiger partial charge in [0.1, 0.15) is 17.2 Å². The van der Waals surface area contributed by atoms with Gasteiger partial charge in [0.15, 0.2) is 6.10 Å². The summed E-state index contributed by atoms with van der Waals surface area (Å²) in [7, 11) is 1.59. The molecular weight excluding hydrogens is 400 g/mol. The number of phenols is 1. The molecule has 0 bridgehead atoms. The van der Waals surface area contributed by atoms with Gasteiger partial charge in [-0.1, -0.05) is 29.3 Å². The van der Waals surface area contributed by atoms with Crippen LogP contribution in [-0.4, -0.2) is 30.4 Å². The summed E-state index contributed by atoms with van der Waals surface area (Å²) >= 11 is 3.32. The van der Waals surface area contributed by atoms with E-state index in [1.165, 1.54) is 6.21 Å². The predicted octanol–water partition coefficient (Wildman–Crippen LogP) is 3.86. The monoisotopic (exact) mass is 420 g/mol. The molecule has 26 heavy (non-hydrogen) atoms. The molecule has 0 saturated heterocycles. The Morgan fingerprint density at radius 2 is 1.96 bits per heavy atom. The first-order valence-electron chi connectivity index (χ1n) is 8.15. The van der Waals surface area contributed by atoms with Crippen molar-refractivity contribution in [3.63, 3.8) is 0 Å². The smallest absolute Gasteiger partial charge is 0.281 e. The Morgan fingerprint density at radius 1 is 1.27 bits per heavy atom. The van der Waals surface area contributed by atoms with E-state index >= 15 is 0 Å². The summed E-state index contributed by atoms with van der Waals surface area (Å²) in [6.07, 6.45) is 2.05. The summed E-state index contributed by atoms with van der Waals surface area (Å²) in [4.78, 5) is 12.4. The molecule has 0 spiro atoms. The number of carbonyl (C=O) groups excluding carboxylic acids is 1. The molecule has 2 rings (SSSR count). The van der Waals surface area contributed by atoms with Crippen molar-refractivity contribution < 1.29 is 19.4 Å². The lowest BCUT2D eigenvalue weighted by Gasteiger charge is -2.17. The number of carbonyl (C=O) groups is 1. The van der Waals surface area contributed by atoms with Crippen molar-refractivity contribution in [2.75, 3.05) is 7.11 Å². The average molecular weight is 421 g/mol. The number of benzene rings is 2. The molecule has 0 fully saturated rings. The highest BCUT2D eigenvalue weighted by Crippen LogP contribution is 2.21. The largest absolute Gasteiger partial charge is 0.507 e. The minimum atomic E-state index is -0.665. The Bertz CT molecular complexity index is 763. The molecule has 0 aliphatic carbocycles. The highest BCUT2D eigenvalue weighted by Gasteiger charge is 2.19.